The van der Waals surface area contributed by atoms with Crippen molar-refractivity contribution in [2.75, 3.05) is 0 Å². The molecule has 0 bridgehead atoms. The Morgan fingerprint density at radius 1 is 1.39 bits per heavy atom. The van der Waals surface area contributed by atoms with Gasteiger partial charge in [-0.3, -0.25) is 5.10 Å². The fourth-order valence-electron chi connectivity index (χ4n) is 1.72. The number of aromatic amines is 1. The van der Waals surface area contributed by atoms with Gasteiger partial charge in [0.1, 0.15) is 0 Å². The number of halogens is 1. The van der Waals surface area contributed by atoms with Crippen molar-refractivity contribution in [2.45, 2.75) is 0 Å². The summed E-state index contributed by atoms with van der Waals surface area (Å²) in [6.45, 7) is 0. The number of hydrogen-bond acceptors (Lipinski definition) is 3. The first-order chi connectivity index (χ1) is 8.65. The average Bonchev–Trinajstić information content (AvgIpc) is 2.95. The van der Waals surface area contributed by atoms with E-state index >= 15 is 0 Å². The monoisotopic (exact) mass is 278 g/mol. The lowest BCUT2D eigenvalue weighted by molar-refractivity contribution is 0.0690. The minimum absolute atomic E-state index is 0.00792. The molecule has 0 atom stereocenters. The summed E-state index contributed by atoms with van der Waals surface area (Å²) in [5, 5.41) is 17.0. The van der Waals surface area contributed by atoms with Gasteiger partial charge < -0.3 is 5.11 Å². The van der Waals surface area contributed by atoms with E-state index in [1.807, 2.05) is 24.3 Å². The van der Waals surface area contributed by atoms with Gasteiger partial charge in [0.05, 0.1) is 20.3 Å². The van der Waals surface area contributed by atoms with Crippen LogP contribution in [0.25, 0.3) is 20.7 Å². The fraction of sp³-hybridized carbons (Fsp3) is 0. The largest absolute Gasteiger partial charge is 0.476 e. The number of thiophene rings is 1. The summed E-state index contributed by atoms with van der Waals surface area (Å²) in [6, 6.07) is 9.16. The zero-order valence-corrected chi connectivity index (χ0v) is 10.5. The van der Waals surface area contributed by atoms with Crippen molar-refractivity contribution in [3.63, 3.8) is 0 Å². The molecular formula is C12H7ClN2O2S. The molecule has 0 saturated heterocycles. The van der Waals surface area contributed by atoms with Crippen molar-refractivity contribution in [1.82, 2.24) is 10.2 Å². The van der Waals surface area contributed by atoms with Gasteiger partial charge in [-0.2, -0.15) is 5.10 Å². The Hall–Kier alpha value is -1.85. The second-order valence-corrected chi connectivity index (χ2v) is 5.20. The first-order valence-corrected chi connectivity index (χ1v) is 6.32. The molecule has 90 valence electrons. The van der Waals surface area contributed by atoms with Gasteiger partial charge in [-0.15, -0.1) is 11.3 Å². The van der Waals surface area contributed by atoms with Gasteiger partial charge >= 0.3 is 5.97 Å². The van der Waals surface area contributed by atoms with Crippen molar-refractivity contribution in [3.8, 4) is 10.6 Å². The van der Waals surface area contributed by atoms with E-state index in [4.69, 9.17) is 16.7 Å². The van der Waals surface area contributed by atoms with Gasteiger partial charge in [-0.25, -0.2) is 4.79 Å². The number of nitrogens with one attached hydrogen (secondary N) is 1. The van der Waals surface area contributed by atoms with Gasteiger partial charge in [0.2, 0.25) is 0 Å². The summed E-state index contributed by atoms with van der Waals surface area (Å²) in [7, 11) is 0. The normalized spacial score (nSPS) is 10.9. The Balaban J connectivity index is 2.13. The molecule has 0 radical (unpaired) electrons. The summed E-state index contributed by atoms with van der Waals surface area (Å²) >= 11 is 7.61. The predicted octanol–water partition coefficient (Wildman–Crippen LogP) is 3.64. The highest BCUT2D eigenvalue weighted by molar-refractivity contribution is 7.22. The lowest BCUT2D eigenvalue weighted by Gasteiger charge is -1.89. The number of hydrogen-bond donors (Lipinski definition) is 2. The fourth-order valence-corrected chi connectivity index (χ4v) is 3.05. The van der Waals surface area contributed by atoms with Crippen LogP contribution in [0.5, 0.6) is 0 Å². The maximum Gasteiger partial charge on any atom is 0.356 e. The maximum atomic E-state index is 10.8. The van der Waals surface area contributed by atoms with E-state index in [2.05, 4.69) is 10.2 Å². The predicted molar refractivity (Wildman–Crippen MR) is 71.4 cm³/mol. The second kappa shape index (κ2) is 4.12. The van der Waals surface area contributed by atoms with Crippen LogP contribution in [-0.4, -0.2) is 21.3 Å². The first-order valence-electron chi connectivity index (χ1n) is 5.12. The third-order valence-corrected chi connectivity index (χ3v) is 4.20. The van der Waals surface area contributed by atoms with Crippen LogP contribution in [0.4, 0.5) is 0 Å². The molecule has 0 aliphatic rings. The average molecular weight is 279 g/mol. The Kier molecular flexibility index (Phi) is 2.57. The number of aromatic carboxylic acids is 1. The van der Waals surface area contributed by atoms with Crippen LogP contribution in [-0.2, 0) is 0 Å². The number of carbonyl (C=O) groups is 1. The molecule has 1 aromatic carbocycles. The van der Waals surface area contributed by atoms with Gasteiger partial charge in [-0.05, 0) is 23.6 Å². The van der Waals surface area contributed by atoms with Crippen LogP contribution in [0, 0.1) is 0 Å². The summed E-state index contributed by atoms with van der Waals surface area (Å²) in [4.78, 5) is 11.7. The van der Waals surface area contributed by atoms with Crippen LogP contribution in [0.3, 0.4) is 0 Å². The molecule has 2 N–H and O–H groups in total. The Labute approximate surface area is 111 Å². The number of rotatable bonds is 2. The molecule has 3 aromatic rings. The number of carboxylic acids is 1. The molecule has 4 nitrogen and oxygen atoms in total. The van der Waals surface area contributed by atoms with E-state index in [1.54, 1.807) is 0 Å². The molecule has 2 aromatic heterocycles. The van der Waals surface area contributed by atoms with E-state index in [1.165, 1.54) is 17.4 Å². The minimum Gasteiger partial charge on any atom is -0.476 e. The van der Waals surface area contributed by atoms with Crippen LogP contribution < -0.4 is 0 Å². The number of benzene rings is 1. The van der Waals surface area contributed by atoms with E-state index in [0.29, 0.717) is 10.7 Å². The quantitative estimate of drug-likeness (QED) is 0.752. The molecule has 0 spiro atoms. The molecular weight excluding hydrogens is 272 g/mol. The Morgan fingerprint density at radius 2 is 2.22 bits per heavy atom. The third kappa shape index (κ3) is 1.77. The molecule has 6 heteroatoms. The molecule has 2 heterocycles. The third-order valence-electron chi connectivity index (χ3n) is 2.56. The van der Waals surface area contributed by atoms with Crippen LogP contribution in [0.1, 0.15) is 10.5 Å². The Morgan fingerprint density at radius 3 is 2.89 bits per heavy atom. The van der Waals surface area contributed by atoms with Gasteiger partial charge in [0, 0.05) is 0 Å². The SMILES string of the molecule is O=C(O)c1cc(-c2cc3cccc(Cl)c3s2)[nH]n1. The number of H-pyrrole nitrogens is 1. The smallest absolute Gasteiger partial charge is 0.356 e. The standard InChI is InChI=1S/C12H7ClN2O2S/c13-7-3-1-2-6-4-10(18-11(6)7)8-5-9(12(16)17)15-14-8/h1-5H,(H,14,15)(H,16,17). The van der Waals surface area contributed by atoms with Gasteiger partial charge in [0.15, 0.2) is 5.69 Å². The number of aromatic nitrogens is 2. The summed E-state index contributed by atoms with van der Waals surface area (Å²) < 4.78 is 0.987. The molecule has 0 amide bonds. The topological polar surface area (TPSA) is 66.0 Å². The number of carboxylic acid groups (broad SMARTS) is 1. The van der Waals surface area contributed by atoms with Crippen LogP contribution in [0.2, 0.25) is 5.02 Å². The summed E-state index contributed by atoms with van der Waals surface area (Å²) in [5.74, 6) is -1.04. The van der Waals surface area contributed by atoms with Crippen molar-refractivity contribution in [2.24, 2.45) is 0 Å². The van der Waals surface area contributed by atoms with E-state index in [0.717, 1.165) is 15.0 Å². The van der Waals surface area contributed by atoms with Gasteiger partial charge in [-0.1, -0.05) is 23.7 Å². The molecule has 0 aliphatic heterocycles. The molecule has 0 saturated carbocycles. The highest BCUT2D eigenvalue weighted by atomic mass is 35.5. The van der Waals surface area contributed by atoms with Crippen LogP contribution >= 0.6 is 22.9 Å². The first kappa shape index (κ1) is 11.3. The molecule has 0 unspecified atom stereocenters. The van der Waals surface area contributed by atoms with E-state index in [9.17, 15) is 4.79 Å². The lowest BCUT2D eigenvalue weighted by atomic mass is 10.2. The summed E-state index contributed by atoms with van der Waals surface area (Å²) in [6.07, 6.45) is 0. The van der Waals surface area contributed by atoms with Crippen molar-refractivity contribution < 1.29 is 9.90 Å². The maximum absolute atomic E-state index is 10.8. The highest BCUT2D eigenvalue weighted by Gasteiger charge is 2.12. The molecule has 18 heavy (non-hydrogen) atoms. The molecule has 0 aliphatic carbocycles. The zero-order chi connectivity index (χ0) is 12.7. The summed E-state index contributed by atoms with van der Waals surface area (Å²) in [5.41, 5.74) is 0.693. The van der Waals surface area contributed by atoms with E-state index < -0.39 is 5.97 Å². The van der Waals surface area contributed by atoms with Crippen LogP contribution in [0.15, 0.2) is 30.3 Å². The minimum atomic E-state index is -1.04. The van der Waals surface area contributed by atoms with Gasteiger partial charge in [0.25, 0.3) is 0 Å². The lowest BCUT2D eigenvalue weighted by Crippen LogP contribution is -1.95. The van der Waals surface area contributed by atoms with Crippen molar-refractivity contribution >= 4 is 39.0 Å². The highest BCUT2D eigenvalue weighted by Crippen LogP contribution is 2.36. The molecule has 3 rings (SSSR count). The Bertz CT molecular complexity index is 747. The van der Waals surface area contributed by atoms with E-state index in [-0.39, 0.29) is 5.69 Å². The zero-order valence-electron chi connectivity index (χ0n) is 8.98. The van der Waals surface area contributed by atoms with Crippen molar-refractivity contribution in [3.05, 3.63) is 41.0 Å². The van der Waals surface area contributed by atoms with Crippen molar-refractivity contribution in [1.29, 1.82) is 0 Å². The molecule has 0 fully saturated rings. The number of fused-ring (bicyclic) bond motifs is 1. The number of nitrogens with zero attached hydrogens (tertiary/aromatic N) is 1. The second-order valence-electron chi connectivity index (χ2n) is 3.74.